The van der Waals surface area contributed by atoms with E-state index < -0.39 is 11.2 Å². The van der Waals surface area contributed by atoms with Gasteiger partial charge in [0.2, 0.25) is 5.08 Å². The van der Waals surface area contributed by atoms with Gasteiger partial charge >= 0.3 is 6.11 Å². The Hall–Kier alpha value is 0.230. The highest BCUT2D eigenvalue weighted by Crippen LogP contribution is 2.27. The fraction of sp³-hybridized carbons (Fsp3) is 1.00. The molecular weight excluding hydrogens is 261 g/mol. The Morgan fingerprint density at radius 3 is 2.29 bits per heavy atom. The van der Waals surface area contributed by atoms with Crippen molar-refractivity contribution in [1.29, 1.82) is 0 Å². The molecule has 0 aromatic rings. The molecule has 1 atom stereocenters. The molecule has 0 heterocycles. The highest BCUT2D eigenvalue weighted by Gasteiger charge is 2.39. The van der Waals surface area contributed by atoms with Gasteiger partial charge < -0.3 is 4.74 Å². The Morgan fingerprint density at radius 1 is 1.21 bits per heavy atom. The Kier molecular flexibility index (Phi) is 7.64. The topological polar surface area (TPSA) is 9.23 Å². The molecule has 0 rings (SSSR count). The van der Waals surface area contributed by atoms with Gasteiger partial charge in [0.25, 0.3) is 0 Å². The summed E-state index contributed by atoms with van der Waals surface area (Å²) >= 11 is 2.15. The summed E-state index contributed by atoms with van der Waals surface area (Å²) in [5.41, 5.74) is 0. The summed E-state index contributed by atoms with van der Waals surface area (Å²) in [4.78, 5) is 0. The van der Waals surface area contributed by atoms with Crippen molar-refractivity contribution in [2.24, 2.45) is 0 Å². The van der Waals surface area contributed by atoms with Crippen molar-refractivity contribution >= 4 is 15.9 Å². The lowest BCUT2D eigenvalue weighted by Gasteiger charge is -2.16. The molecule has 0 aliphatic rings. The molecule has 14 heavy (non-hydrogen) atoms. The van der Waals surface area contributed by atoms with E-state index in [0.29, 0.717) is 6.42 Å². The van der Waals surface area contributed by atoms with Gasteiger partial charge in [0.1, 0.15) is 0 Å². The molecule has 1 unspecified atom stereocenters. The third-order valence-electron chi connectivity index (χ3n) is 1.80. The molecule has 0 aliphatic carbocycles. The molecule has 0 saturated heterocycles. The van der Waals surface area contributed by atoms with E-state index >= 15 is 0 Å². The summed E-state index contributed by atoms with van der Waals surface area (Å²) in [6.45, 7) is 1.98. The predicted molar refractivity (Wildman–Crippen MR) is 53.5 cm³/mol. The lowest BCUT2D eigenvalue weighted by atomic mass is 10.2. The average molecular weight is 277 g/mol. The zero-order valence-corrected chi connectivity index (χ0v) is 9.83. The first-order valence-electron chi connectivity index (χ1n) is 4.80. The number of unbranched alkanes of at least 4 members (excludes halogenated alkanes) is 4. The summed E-state index contributed by atoms with van der Waals surface area (Å²) < 4.78 is 41.2. The molecule has 5 heteroatoms. The van der Waals surface area contributed by atoms with E-state index in [2.05, 4.69) is 27.6 Å². The van der Waals surface area contributed by atoms with Crippen molar-refractivity contribution in [3.05, 3.63) is 0 Å². The maximum absolute atomic E-state index is 12.5. The van der Waals surface area contributed by atoms with Crippen LogP contribution in [0.3, 0.4) is 0 Å². The van der Waals surface area contributed by atoms with Crippen LogP contribution in [-0.4, -0.2) is 17.8 Å². The lowest BCUT2D eigenvalue weighted by molar-refractivity contribution is -0.253. The van der Waals surface area contributed by atoms with Crippen molar-refractivity contribution < 1.29 is 17.9 Å². The van der Waals surface area contributed by atoms with Crippen LogP contribution < -0.4 is 0 Å². The Morgan fingerprint density at radius 2 is 1.79 bits per heavy atom. The number of hydrogen-bond acceptors (Lipinski definition) is 1. The second-order valence-electron chi connectivity index (χ2n) is 3.13. The van der Waals surface area contributed by atoms with E-state index in [1.165, 1.54) is 0 Å². The van der Waals surface area contributed by atoms with Crippen molar-refractivity contribution in [1.82, 2.24) is 0 Å². The Labute approximate surface area is 91.1 Å². The molecule has 0 spiro atoms. The minimum atomic E-state index is -3.70. The molecule has 0 fully saturated rings. The Balaban J connectivity index is 3.35. The summed E-state index contributed by atoms with van der Waals surface area (Å²) in [6, 6.07) is 0. The summed E-state index contributed by atoms with van der Waals surface area (Å²) in [7, 11) is 0. The summed E-state index contributed by atoms with van der Waals surface area (Å²) in [5, 5.41) is -2.43. The van der Waals surface area contributed by atoms with Gasteiger partial charge in [0.15, 0.2) is 0 Å². The molecule has 0 N–H and O–H groups in total. The number of rotatable bonds is 8. The van der Waals surface area contributed by atoms with Crippen LogP contribution in [0.5, 0.6) is 0 Å². The van der Waals surface area contributed by atoms with Crippen LogP contribution >= 0.6 is 15.9 Å². The first kappa shape index (κ1) is 14.2. The van der Waals surface area contributed by atoms with Crippen molar-refractivity contribution in [3.63, 3.8) is 0 Å². The largest absolute Gasteiger partial charge is 0.396 e. The van der Waals surface area contributed by atoms with Crippen LogP contribution in [0.15, 0.2) is 0 Å². The molecule has 0 aromatic carbocycles. The van der Waals surface area contributed by atoms with Gasteiger partial charge in [0, 0.05) is 0 Å². The van der Waals surface area contributed by atoms with Gasteiger partial charge in [-0.2, -0.15) is 8.78 Å². The smallest absolute Gasteiger partial charge is 0.317 e. The molecule has 0 aromatic heterocycles. The predicted octanol–water partition coefficient (Wildman–Crippen LogP) is 4.26. The second-order valence-corrected chi connectivity index (χ2v) is 3.93. The normalized spacial score (nSPS) is 14.4. The standard InChI is InChI=1S/C9H16BrF3O/c1-2-3-4-5-6-7-14-9(12,13)8(10)11/h8H,2-7H2,1H3. The second kappa shape index (κ2) is 7.51. The number of hydrogen-bond donors (Lipinski definition) is 0. The quantitative estimate of drug-likeness (QED) is 0.476. The van der Waals surface area contributed by atoms with Gasteiger partial charge in [0.05, 0.1) is 6.61 Å². The van der Waals surface area contributed by atoms with E-state index in [1.54, 1.807) is 0 Å². The average Bonchev–Trinajstić information content (AvgIpc) is 2.10. The van der Waals surface area contributed by atoms with Crippen molar-refractivity contribution in [2.75, 3.05) is 6.61 Å². The van der Waals surface area contributed by atoms with E-state index in [0.717, 1.165) is 25.7 Å². The molecule has 0 aliphatic heterocycles. The van der Waals surface area contributed by atoms with Crippen LogP contribution in [0, 0.1) is 0 Å². The van der Waals surface area contributed by atoms with Gasteiger partial charge in [-0.15, -0.1) is 0 Å². The highest BCUT2D eigenvalue weighted by molar-refractivity contribution is 9.09. The molecular formula is C9H16BrF3O. The molecule has 0 amide bonds. The van der Waals surface area contributed by atoms with Gasteiger partial charge in [-0.25, -0.2) is 4.39 Å². The van der Waals surface area contributed by atoms with Crippen LogP contribution in [0.2, 0.25) is 0 Å². The molecule has 0 bridgehead atoms. The fourth-order valence-electron chi connectivity index (χ4n) is 0.977. The summed E-state index contributed by atoms with van der Waals surface area (Å²) in [6.07, 6.45) is 0.910. The van der Waals surface area contributed by atoms with Gasteiger partial charge in [-0.3, -0.25) is 0 Å². The SMILES string of the molecule is CCCCCCCOC(F)(F)C(F)Br. The van der Waals surface area contributed by atoms with Gasteiger partial charge in [-0.1, -0.05) is 32.6 Å². The highest BCUT2D eigenvalue weighted by atomic mass is 79.9. The van der Waals surface area contributed by atoms with Gasteiger partial charge in [-0.05, 0) is 22.4 Å². The maximum Gasteiger partial charge on any atom is 0.396 e. The maximum atomic E-state index is 12.5. The zero-order chi connectivity index (χ0) is 11.0. The lowest BCUT2D eigenvalue weighted by Crippen LogP contribution is -2.29. The Bertz CT molecular complexity index is 142. The minimum Gasteiger partial charge on any atom is -0.317 e. The molecule has 0 saturated carbocycles. The van der Waals surface area contributed by atoms with Crippen LogP contribution in [-0.2, 0) is 4.74 Å². The van der Waals surface area contributed by atoms with Crippen LogP contribution in [0.1, 0.15) is 39.0 Å². The van der Waals surface area contributed by atoms with E-state index in [9.17, 15) is 13.2 Å². The van der Waals surface area contributed by atoms with E-state index in [1.807, 2.05) is 0 Å². The zero-order valence-electron chi connectivity index (χ0n) is 8.24. The first-order valence-corrected chi connectivity index (χ1v) is 5.72. The summed E-state index contributed by atoms with van der Waals surface area (Å²) in [5.74, 6) is 0. The van der Waals surface area contributed by atoms with Crippen LogP contribution in [0.4, 0.5) is 13.2 Å². The monoisotopic (exact) mass is 276 g/mol. The van der Waals surface area contributed by atoms with E-state index in [4.69, 9.17) is 0 Å². The van der Waals surface area contributed by atoms with Crippen LogP contribution in [0.25, 0.3) is 0 Å². The third-order valence-corrected chi connectivity index (χ3v) is 2.33. The first-order chi connectivity index (χ1) is 6.50. The molecule has 1 nitrogen and oxygen atoms in total. The number of alkyl halides is 4. The number of halogens is 4. The number of ether oxygens (including phenoxy) is 1. The molecule has 86 valence electrons. The fourth-order valence-corrected chi connectivity index (χ4v) is 1.11. The van der Waals surface area contributed by atoms with E-state index in [-0.39, 0.29) is 6.61 Å². The van der Waals surface area contributed by atoms with Crippen molar-refractivity contribution in [2.45, 2.75) is 50.2 Å². The molecule has 0 radical (unpaired) electrons. The minimum absolute atomic E-state index is 0.0945. The van der Waals surface area contributed by atoms with Crippen molar-refractivity contribution in [3.8, 4) is 0 Å². The third kappa shape index (κ3) is 6.65.